The summed E-state index contributed by atoms with van der Waals surface area (Å²) >= 11 is 9.92. The molecule has 1 saturated heterocycles. The molecule has 2 aromatic heterocycles. The van der Waals surface area contributed by atoms with Crippen molar-refractivity contribution in [1.29, 1.82) is 0 Å². The molecule has 3 heterocycles. The van der Waals surface area contributed by atoms with Crippen molar-refractivity contribution in [2.75, 3.05) is 29.1 Å². The zero-order chi connectivity index (χ0) is 13.8. The third-order valence-electron chi connectivity index (χ3n) is 2.70. The molecular weight excluding hydrogens is 316 g/mol. The van der Waals surface area contributed by atoms with E-state index in [-0.39, 0.29) is 5.28 Å². The first-order chi connectivity index (χ1) is 9.81. The quantitative estimate of drug-likeness (QED) is 0.920. The van der Waals surface area contributed by atoms with Gasteiger partial charge in [-0.1, -0.05) is 0 Å². The second-order valence-corrected chi connectivity index (χ2v) is 7.04. The molecule has 1 atom stereocenters. The molecule has 1 N–H and O–H groups in total. The number of imidazole rings is 1. The molecule has 1 aliphatic heterocycles. The minimum atomic E-state index is 0.178. The van der Waals surface area contributed by atoms with E-state index in [0.717, 1.165) is 12.3 Å². The minimum absolute atomic E-state index is 0.178. The van der Waals surface area contributed by atoms with Crippen molar-refractivity contribution in [3.63, 3.8) is 0 Å². The fraction of sp³-hybridized carbons (Fsp3) is 0.455. The Kier molecular flexibility index (Phi) is 4.64. The number of nitrogens with one attached hydrogen (secondary N) is 1. The molecule has 2 aromatic rings. The van der Waals surface area contributed by atoms with Crippen molar-refractivity contribution in [2.45, 2.75) is 5.25 Å². The van der Waals surface area contributed by atoms with Gasteiger partial charge in [-0.2, -0.15) is 38.5 Å². The SMILES string of the molecule is Clc1nc(NCC2CSCCS2)nc(-n2ccnc2)n1. The van der Waals surface area contributed by atoms with Gasteiger partial charge in [-0.3, -0.25) is 4.57 Å². The van der Waals surface area contributed by atoms with E-state index in [1.807, 2.05) is 23.5 Å². The molecule has 9 heteroatoms. The average molecular weight is 329 g/mol. The van der Waals surface area contributed by atoms with E-state index in [9.17, 15) is 0 Å². The van der Waals surface area contributed by atoms with Crippen molar-refractivity contribution >= 4 is 41.1 Å². The Morgan fingerprint density at radius 1 is 1.35 bits per heavy atom. The monoisotopic (exact) mass is 328 g/mol. The Balaban J connectivity index is 1.69. The fourth-order valence-electron chi connectivity index (χ4n) is 1.77. The Hall–Kier alpha value is -0.990. The molecule has 3 rings (SSSR count). The average Bonchev–Trinajstić information content (AvgIpc) is 3.00. The van der Waals surface area contributed by atoms with Crippen LogP contribution >= 0.6 is 35.1 Å². The van der Waals surface area contributed by atoms with Gasteiger partial charge in [0.05, 0.1) is 0 Å². The third kappa shape index (κ3) is 3.56. The van der Waals surface area contributed by atoms with E-state index in [1.165, 1.54) is 11.5 Å². The van der Waals surface area contributed by atoms with Crippen LogP contribution in [0.15, 0.2) is 18.7 Å². The number of thioether (sulfide) groups is 2. The molecular formula is C11H13ClN6S2. The van der Waals surface area contributed by atoms with Gasteiger partial charge >= 0.3 is 0 Å². The summed E-state index contributed by atoms with van der Waals surface area (Å²) in [6.45, 7) is 0.835. The molecule has 1 aliphatic rings. The molecule has 0 amide bonds. The second kappa shape index (κ2) is 6.64. The fourth-order valence-corrected chi connectivity index (χ4v) is 4.54. The standard InChI is InChI=1S/C11H13ClN6S2/c12-9-15-10(14-5-8-6-19-3-4-20-8)17-11(16-9)18-2-1-13-7-18/h1-2,7-8H,3-6H2,(H,14,15,16,17). The van der Waals surface area contributed by atoms with Crippen LogP contribution in [0, 0.1) is 0 Å². The molecule has 1 fully saturated rings. The van der Waals surface area contributed by atoms with E-state index in [0.29, 0.717) is 17.1 Å². The predicted octanol–water partition coefficient (Wildman–Crippen LogP) is 1.97. The van der Waals surface area contributed by atoms with E-state index in [1.54, 1.807) is 23.3 Å². The van der Waals surface area contributed by atoms with E-state index < -0.39 is 0 Å². The van der Waals surface area contributed by atoms with Gasteiger partial charge in [0.1, 0.15) is 6.33 Å². The topological polar surface area (TPSA) is 68.5 Å². The van der Waals surface area contributed by atoms with Crippen LogP contribution in [0.5, 0.6) is 0 Å². The number of rotatable bonds is 4. The van der Waals surface area contributed by atoms with Crippen LogP contribution in [-0.4, -0.2) is 53.6 Å². The molecule has 20 heavy (non-hydrogen) atoms. The van der Waals surface area contributed by atoms with E-state index in [4.69, 9.17) is 11.6 Å². The predicted molar refractivity (Wildman–Crippen MR) is 84.0 cm³/mol. The molecule has 106 valence electrons. The number of nitrogens with zero attached hydrogens (tertiary/aromatic N) is 5. The molecule has 0 spiro atoms. The molecule has 0 bridgehead atoms. The lowest BCUT2D eigenvalue weighted by molar-refractivity contribution is 0.882. The summed E-state index contributed by atoms with van der Waals surface area (Å²) in [6, 6.07) is 0. The summed E-state index contributed by atoms with van der Waals surface area (Å²) in [5, 5.41) is 4.00. The van der Waals surface area contributed by atoms with Crippen molar-refractivity contribution in [1.82, 2.24) is 24.5 Å². The molecule has 0 aromatic carbocycles. The Bertz CT molecular complexity index is 558. The smallest absolute Gasteiger partial charge is 0.241 e. The zero-order valence-electron chi connectivity index (χ0n) is 10.6. The highest BCUT2D eigenvalue weighted by molar-refractivity contribution is 8.06. The number of hydrogen-bond donors (Lipinski definition) is 1. The highest BCUT2D eigenvalue weighted by atomic mass is 35.5. The first-order valence-corrected chi connectivity index (χ1v) is 8.72. The highest BCUT2D eigenvalue weighted by Crippen LogP contribution is 2.24. The minimum Gasteiger partial charge on any atom is -0.353 e. The largest absolute Gasteiger partial charge is 0.353 e. The highest BCUT2D eigenvalue weighted by Gasteiger charge is 2.15. The summed E-state index contributed by atoms with van der Waals surface area (Å²) in [7, 11) is 0. The summed E-state index contributed by atoms with van der Waals surface area (Å²) < 4.78 is 1.70. The van der Waals surface area contributed by atoms with Gasteiger partial charge < -0.3 is 5.32 Å². The van der Waals surface area contributed by atoms with Crippen LogP contribution < -0.4 is 5.32 Å². The van der Waals surface area contributed by atoms with Gasteiger partial charge in [0, 0.05) is 41.4 Å². The van der Waals surface area contributed by atoms with Crippen molar-refractivity contribution < 1.29 is 0 Å². The number of halogens is 1. The normalized spacial score (nSPS) is 18.9. The van der Waals surface area contributed by atoms with E-state index >= 15 is 0 Å². The number of anilines is 1. The van der Waals surface area contributed by atoms with Crippen molar-refractivity contribution in [3.8, 4) is 5.95 Å². The summed E-state index contributed by atoms with van der Waals surface area (Å²) in [6.07, 6.45) is 5.06. The number of aromatic nitrogens is 5. The second-order valence-electron chi connectivity index (χ2n) is 4.15. The van der Waals surface area contributed by atoms with Gasteiger partial charge in [0.2, 0.25) is 17.2 Å². The Morgan fingerprint density at radius 3 is 3.05 bits per heavy atom. The molecule has 0 aliphatic carbocycles. The first-order valence-electron chi connectivity index (χ1n) is 6.14. The lowest BCUT2D eigenvalue weighted by Crippen LogP contribution is -2.24. The number of hydrogen-bond acceptors (Lipinski definition) is 7. The summed E-state index contributed by atoms with van der Waals surface area (Å²) in [5.41, 5.74) is 0. The van der Waals surface area contributed by atoms with Gasteiger partial charge in [-0.05, 0) is 11.6 Å². The van der Waals surface area contributed by atoms with Gasteiger partial charge in [-0.25, -0.2) is 4.98 Å². The molecule has 0 radical (unpaired) electrons. The lowest BCUT2D eigenvalue weighted by atomic mass is 10.5. The maximum atomic E-state index is 5.94. The van der Waals surface area contributed by atoms with E-state index in [2.05, 4.69) is 25.3 Å². The lowest BCUT2D eigenvalue weighted by Gasteiger charge is -2.21. The maximum absolute atomic E-state index is 5.94. The zero-order valence-corrected chi connectivity index (χ0v) is 13.0. The van der Waals surface area contributed by atoms with Crippen LogP contribution in [0.25, 0.3) is 5.95 Å². The van der Waals surface area contributed by atoms with Gasteiger partial charge in [0.15, 0.2) is 0 Å². The van der Waals surface area contributed by atoms with Crippen LogP contribution in [0.2, 0.25) is 5.28 Å². The van der Waals surface area contributed by atoms with Crippen LogP contribution in [0.1, 0.15) is 0 Å². The summed E-state index contributed by atoms with van der Waals surface area (Å²) in [4.78, 5) is 16.5. The molecule has 1 unspecified atom stereocenters. The summed E-state index contributed by atoms with van der Waals surface area (Å²) in [5.74, 6) is 4.57. The Morgan fingerprint density at radius 2 is 2.30 bits per heavy atom. The first kappa shape index (κ1) is 14.0. The van der Waals surface area contributed by atoms with Crippen LogP contribution in [-0.2, 0) is 0 Å². The Labute approximate surface area is 130 Å². The molecule has 0 saturated carbocycles. The van der Waals surface area contributed by atoms with Crippen molar-refractivity contribution in [2.24, 2.45) is 0 Å². The molecule has 6 nitrogen and oxygen atoms in total. The van der Waals surface area contributed by atoms with Gasteiger partial charge in [-0.15, -0.1) is 0 Å². The van der Waals surface area contributed by atoms with Crippen molar-refractivity contribution in [3.05, 3.63) is 24.0 Å². The third-order valence-corrected chi connectivity index (χ3v) is 5.72. The van der Waals surface area contributed by atoms with Crippen LogP contribution in [0.4, 0.5) is 5.95 Å². The van der Waals surface area contributed by atoms with Crippen LogP contribution in [0.3, 0.4) is 0 Å². The van der Waals surface area contributed by atoms with Gasteiger partial charge in [0.25, 0.3) is 0 Å². The maximum Gasteiger partial charge on any atom is 0.241 e.